The molecule has 0 aliphatic rings. The molecule has 6 nitrogen and oxygen atoms in total. The third-order valence-electron chi connectivity index (χ3n) is 3.54. The van der Waals surface area contributed by atoms with Crippen molar-refractivity contribution in [2.45, 2.75) is 19.9 Å². The zero-order valence-corrected chi connectivity index (χ0v) is 15.6. The number of amides is 2. The summed E-state index contributed by atoms with van der Waals surface area (Å²) in [6.07, 6.45) is 1.64. The van der Waals surface area contributed by atoms with Crippen LogP contribution in [0.1, 0.15) is 24.2 Å². The van der Waals surface area contributed by atoms with Crippen molar-refractivity contribution in [1.82, 2.24) is 5.32 Å². The van der Waals surface area contributed by atoms with E-state index in [0.717, 1.165) is 5.69 Å². The van der Waals surface area contributed by atoms with Crippen LogP contribution in [0.5, 0.6) is 5.75 Å². The fraction of sp³-hybridized carbons (Fsp3) is 0.238. The number of rotatable bonds is 9. The number of carbonyl (C=O) groups excluding carboxylic acids is 2. The maximum absolute atomic E-state index is 12.2. The molecule has 0 spiro atoms. The highest BCUT2D eigenvalue weighted by molar-refractivity contribution is 5.96. The zero-order chi connectivity index (χ0) is 19.6. The summed E-state index contributed by atoms with van der Waals surface area (Å²) in [4.78, 5) is 24.1. The second-order valence-corrected chi connectivity index (χ2v) is 6.20. The highest BCUT2D eigenvalue weighted by atomic mass is 16.5. The third kappa shape index (κ3) is 6.51. The summed E-state index contributed by atoms with van der Waals surface area (Å²) in [6, 6.07) is 14.3. The maximum atomic E-state index is 12.2. The minimum Gasteiger partial charge on any atom is -0.487 e. The number of benzene rings is 2. The van der Waals surface area contributed by atoms with Crippen molar-refractivity contribution in [3.8, 4) is 5.75 Å². The molecule has 2 aromatic carbocycles. The molecule has 0 aliphatic carbocycles. The summed E-state index contributed by atoms with van der Waals surface area (Å²) in [7, 11) is 0. The molecule has 0 fully saturated rings. The number of para-hydroxylation sites is 2. The Bertz CT molecular complexity index is 786. The Hall–Kier alpha value is -3.28. The molecule has 0 atom stereocenters. The number of nitrogens with one attached hydrogen (secondary N) is 3. The van der Waals surface area contributed by atoms with Gasteiger partial charge < -0.3 is 20.7 Å². The smallest absolute Gasteiger partial charge is 0.251 e. The van der Waals surface area contributed by atoms with Gasteiger partial charge in [-0.05, 0) is 50.2 Å². The third-order valence-corrected chi connectivity index (χ3v) is 3.54. The normalized spacial score (nSPS) is 10.2. The Morgan fingerprint density at radius 3 is 2.48 bits per heavy atom. The van der Waals surface area contributed by atoms with E-state index in [2.05, 4.69) is 22.5 Å². The fourth-order valence-electron chi connectivity index (χ4n) is 2.31. The average Bonchev–Trinajstić information content (AvgIpc) is 2.65. The van der Waals surface area contributed by atoms with Crippen molar-refractivity contribution in [2.75, 3.05) is 23.8 Å². The molecule has 0 saturated heterocycles. The van der Waals surface area contributed by atoms with Crippen LogP contribution in [0.3, 0.4) is 0 Å². The zero-order valence-electron chi connectivity index (χ0n) is 15.6. The van der Waals surface area contributed by atoms with E-state index in [1.54, 1.807) is 42.5 Å². The van der Waals surface area contributed by atoms with Crippen LogP contribution < -0.4 is 20.7 Å². The molecule has 0 aliphatic heterocycles. The molecule has 27 heavy (non-hydrogen) atoms. The van der Waals surface area contributed by atoms with Crippen LogP contribution in [0.25, 0.3) is 0 Å². The summed E-state index contributed by atoms with van der Waals surface area (Å²) in [5, 5.41) is 8.68. The van der Waals surface area contributed by atoms with Gasteiger partial charge in [-0.2, -0.15) is 0 Å². The lowest BCUT2D eigenvalue weighted by Gasteiger charge is -2.12. The van der Waals surface area contributed by atoms with Gasteiger partial charge in [-0.3, -0.25) is 9.59 Å². The molecule has 0 aromatic heterocycles. The molecule has 0 bridgehead atoms. The molecule has 2 aromatic rings. The lowest BCUT2D eigenvalue weighted by Crippen LogP contribution is -2.30. The van der Waals surface area contributed by atoms with Gasteiger partial charge in [0.15, 0.2) is 0 Å². The van der Waals surface area contributed by atoms with E-state index in [1.165, 1.54) is 0 Å². The molecule has 3 N–H and O–H groups in total. The van der Waals surface area contributed by atoms with Crippen molar-refractivity contribution in [2.24, 2.45) is 0 Å². The number of ether oxygens (including phenoxy) is 1. The van der Waals surface area contributed by atoms with E-state index in [0.29, 0.717) is 23.6 Å². The van der Waals surface area contributed by atoms with Gasteiger partial charge in [0.1, 0.15) is 12.4 Å². The van der Waals surface area contributed by atoms with Gasteiger partial charge in [-0.15, -0.1) is 0 Å². The second-order valence-electron chi connectivity index (χ2n) is 6.20. The number of anilines is 2. The first-order valence-electron chi connectivity index (χ1n) is 8.77. The van der Waals surface area contributed by atoms with Gasteiger partial charge in [0.25, 0.3) is 5.91 Å². The standard InChI is InChI=1S/C21H25N3O3/c1-4-13-27-19-8-6-5-7-18(19)24-20(25)14-22-17-11-9-16(10-12-17)21(26)23-15(2)3/h4-12,15,22H,1,13-14H2,2-3H3,(H,23,26)(H,24,25). The molecular formula is C21H25N3O3. The molecule has 0 unspecified atom stereocenters. The summed E-state index contributed by atoms with van der Waals surface area (Å²) < 4.78 is 5.52. The largest absolute Gasteiger partial charge is 0.487 e. The number of hydrogen-bond acceptors (Lipinski definition) is 4. The first-order valence-corrected chi connectivity index (χ1v) is 8.77. The van der Waals surface area contributed by atoms with Gasteiger partial charge in [-0.25, -0.2) is 0 Å². The van der Waals surface area contributed by atoms with Crippen LogP contribution in [0, 0.1) is 0 Å². The Balaban J connectivity index is 1.89. The predicted octanol–water partition coefficient (Wildman–Crippen LogP) is 3.44. The monoisotopic (exact) mass is 367 g/mol. The van der Waals surface area contributed by atoms with E-state index in [-0.39, 0.29) is 24.4 Å². The summed E-state index contributed by atoms with van der Waals surface area (Å²) in [5.41, 5.74) is 1.93. The van der Waals surface area contributed by atoms with E-state index >= 15 is 0 Å². The van der Waals surface area contributed by atoms with Gasteiger partial charge in [0.2, 0.25) is 5.91 Å². The highest BCUT2D eigenvalue weighted by Gasteiger charge is 2.09. The lowest BCUT2D eigenvalue weighted by atomic mass is 10.2. The number of carbonyl (C=O) groups is 2. The van der Waals surface area contributed by atoms with E-state index in [1.807, 2.05) is 26.0 Å². The molecule has 0 radical (unpaired) electrons. The second kappa shape index (κ2) is 10.0. The average molecular weight is 367 g/mol. The van der Waals surface area contributed by atoms with E-state index in [9.17, 15) is 9.59 Å². The molecule has 2 amide bonds. The van der Waals surface area contributed by atoms with Crippen LogP contribution in [0.2, 0.25) is 0 Å². The van der Waals surface area contributed by atoms with Crippen molar-refractivity contribution in [3.63, 3.8) is 0 Å². The summed E-state index contributed by atoms with van der Waals surface area (Å²) >= 11 is 0. The molecule has 0 saturated carbocycles. The lowest BCUT2D eigenvalue weighted by molar-refractivity contribution is -0.114. The van der Waals surface area contributed by atoms with E-state index < -0.39 is 0 Å². The first-order chi connectivity index (χ1) is 13.0. The van der Waals surface area contributed by atoms with Crippen LogP contribution in [0.15, 0.2) is 61.2 Å². The Labute approximate surface area is 159 Å². The van der Waals surface area contributed by atoms with Gasteiger partial charge in [0.05, 0.1) is 12.2 Å². The minimum absolute atomic E-state index is 0.0809. The minimum atomic E-state index is -0.203. The molecular weight excluding hydrogens is 342 g/mol. The SMILES string of the molecule is C=CCOc1ccccc1NC(=O)CNc1ccc(C(=O)NC(C)C)cc1. The molecule has 2 rings (SSSR count). The van der Waals surface area contributed by atoms with Crippen LogP contribution in [-0.2, 0) is 4.79 Å². The first kappa shape index (κ1) is 20.0. The van der Waals surface area contributed by atoms with Crippen molar-refractivity contribution in [1.29, 1.82) is 0 Å². The van der Waals surface area contributed by atoms with Gasteiger partial charge >= 0.3 is 0 Å². The van der Waals surface area contributed by atoms with Crippen LogP contribution >= 0.6 is 0 Å². The van der Waals surface area contributed by atoms with Crippen molar-refractivity contribution >= 4 is 23.2 Å². The maximum Gasteiger partial charge on any atom is 0.251 e. The Morgan fingerprint density at radius 2 is 1.81 bits per heavy atom. The van der Waals surface area contributed by atoms with E-state index in [4.69, 9.17) is 4.74 Å². The van der Waals surface area contributed by atoms with Gasteiger partial charge in [0, 0.05) is 17.3 Å². The van der Waals surface area contributed by atoms with Crippen molar-refractivity contribution in [3.05, 3.63) is 66.7 Å². The highest BCUT2D eigenvalue weighted by Crippen LogP contribution is 2.23. The van der Waals surface area contributed by atoms with Crippen molar-refractivity contribution < 1.29 is 14.3 Å². The summed E-state index contributed by atoms with van der Waals surface area (Å²) in [5.74, 6) is 0.267. The van der Waals surface area contributed by atoms with Gasteiger partial charge in [-0.1, -0.05) is 24.8 Å². The quantitative estimate of drug-likeness (QED) is 0.593. The Kier molecular flexibility index (Phi) is 7.43. The Morgan fingerprint density at radius 1 is 1.11 bits per heavy atom. The van der Waals surface area contributed by atoms with Crippen LogP contribution in [-0.4, -0.2) is 31.0 Å². The summed E-state index contributed by atoms with van der Waals surface area (Å²) in [6.45, 7) is 7.89. The molecule has 6 heteroatoms. The topological polar surface area (TPSA) is 79.5 Å². The predicted molar refractivity (Wildman–Crippen MR) is 108 cm³/mol. The fourth-order valence-corrected chi connectivity index (χ4v) is 2.31. The molecule has 0 heterocycles. The number of hydrogen-bond donors (Lipinski definition) is 3. The molecule has 142 valence electrons. The van der Waals surface area contributed by atoms with Crippen LogP contribution in [0.4, 0.5) is 11.4 Å².